The zero-order valence-electron chi connectivity index (χ0n) is 16.1. The van der Waals surface area contributed by atoms with Crippen molar-refractivity contribution in [3.63, 3.8) is 0 Å². The number of benzene rings is 2. The molecule has 144 valence electrons. The maximum atomic E-state index is 13.5. The molecule has 0 radical (unpaired) electrons. The second-order valence-electron chi connectivity index (χ2n) is 7.41. The van der Waals surface area contributed by atoms with Crippen LogP contribution in [0.25, 0.3) is 0 Å². The first-order valence-electron chi connectivity index (χ1n) is 9.54. The normalized spacial score (nSPS) is 25.8. The van der Waals surface area contributed by atoms with E-state index in [-0.39, 0.29) is 24.2 Å². The highest BCUT2D eigenvalue weighted by Crippen LogP contribution is 2.54. The smallest absolute Gasteiger partial charge is 0.238 e. The molecular weight excluding hydrogens is 352 g/mol. The molecule has 2 heterocycles. The minimum atomic E-state index is -0.941. The zero-order chi connectivity index (χ0) is 19.9. The van der Waals surface area contributed by atoms with Crippen molar-refractivity contribution in [1.29, 1.82) is 0 Å². The average molecular weight is 376 g/mol. The summed E-state index contributed by atoms with van der Waals surface area (Å²) in [6.07, 6.45) is 0.898. The molecule has 1 saturated heterocycles. The van der Waals surface area contributed by atoms with Crippen LogP contribution in [0.1, 0.15) is 36.8 Å². The Kier molecular flexibility index (Phi) is 4.46. The number of rotatable bonds is 4. The summed E-state index contributed by atoms with van der Waals surface area (Å²) in [5.41, 5.74) is 2.52. The number of para-hydroxylation sites is 1. The Morgan fingerprint density at radius 1 is 1.21 bits per heavy atom. The first-order chi connectivity index (χ1) is 13.5. The van der Waals surface area contributed by atoms with Crippen LogP contribution in [0.4, 0.5) is 5.69 Å². The molecule has 1 fully saturated rings. The molecule has 5 heteroatoms. The van der Waals surface area contributed by atoms with Gasteiger partial charge >= 0.3 is 0 Å². The van der Waals surface area contributed by atoms with E-state index >= 15 is 0 Å². The summed E-state index contributed by atoms with van der Waals surface area (Å²) in [6.45, 7) is 6.20. The van der Waals surface area contributed by atoms with E-state index in [2.05, 4.69) is 17.2 Å². The van der Waals surface area contributed by atoms with Crippen molar-refractivity contribution in [2.24, 2.45) is 0 Å². The summed E-state index contributed by atoms with van der Waals surface area (Å²) < 4.78 is 5.40. The zero-order valence-corrected chi connectivity index (χ0v) is 16.1. The standard InChI is InChI=1S/C23H24N2O3/c1-4-14(2)21-23(17-10-5-6-11-19(17)24-22(23)27)18(13-20(26)25-21)15-8-7-9-16(12-15)28-3/h5-12,18,21H,2,4,13H2,1,3H3,(H,24,27)(H,25,26). The molecule has 0 saturated carbocycles. The third-order valence-electron chi connectivity index (χ3n) is 6.06. The van der Waals surface area contributed by atoms with Crippen molar-refractivity contribution in [1.82, 2.24) is 5.32 Å². The molecule has 2 aliphatic rings. The highest BCUT2D eigenvalue weighted by molar-refractivity contribution is 6.09. The Bertz CT molecular complexity index is 968. The summed E-state index contributed by atoms with van der Waals surface area (Å²) in [6, 6.07) is 14.9. The van der Waals surface area contributed by atoms with E-state index in [1.165, 1.54) is 0 Å². The molecular formula is C23H24N2O3. The first kappa shape index (κ1) is 18.3. The molecule has 3 unspecified atom stereocenters. The quantitative estimate of drug-likeness (QED) is 0.803. The van der Waals surface area contributed by atoms with Gasteiger partial charge in [-0.1, -0.05) is 49.4 Å². The number of piperidine rings is 1. The second kappa shape index (κ2) is 6.82. The number of anilines is 1. The molecule has 1 spiro atoms. The van der Waals surface area contributed by atoms with Crippen molar-refractivity contribution < 1.29 is 14.3 Å². The third-order valence-corrected chi connectivity index (χ3v) is 6.06. The summed E-state index contributed by atoms with van der Waals surface area (Å²) in [5, 5.41) is 6.12. The predicted molar refractivity (Wildman–Crippen MR) is 108 cm³/mol. The molecule has 0 bridgehead atoms. The molecule has 28 heavy (non-hydrogen) atoms. The molecule has 2 N–H and O–H groups in total. The third kappa shape index (κ3) is 2.53. The lowest BCUT2D eigenvalue weighted by Crippen LogP contribution is -2.62. The Labute approximate surface area is 164 Å². The lowest BCUT2D eigenvalue weighted by molar-refractivity contribution is -0.130. The average Bonchev–Trinajstić information content (AvgIpc) is 3.01. The van der Waals surface area contributed by atoms with Crippen molar-refractivity contribution in [3.05, 3.63) is 71.8 Å². The predicted octanol–water partition coefficient (Wildman–Crippen LogP) is 3.52. The number of hydrogen-bond acceptors (Lipinski definition) is 3. The number of nitrogens with one attached hydrogen (secondary N) is 2. The number of methoxy groups -OCH3 is 1. The molecule has 2 aromatic carbocycles. The topological polar surface area (TPSA) is 67.4 Å². The minimum Gasteiger partial charge on any atom is -0.497 e. The lowest BCUT2D eigenvalue weighted by Gasteiger charge is -2.47. The summed E-state index contributed by atoms with van der Waals surface area (Å²) in [7, 11) is 1.61. The number of amides is 2. The fourth-order valence-electron chi connectivity index (χ4n) is 4.68. The Balaban J connectivity index is 1.98. The number of hydrogen-bond donors (Lipinski definition) is 2. The van der Waals surface area contributed by atoms with Crippen LogP contribution < -0.4 is 15.4 Å². The molecule has 2 aromatic rings. The van der Waals surface area contributed by atoms with E-state index < -0.39 is 11.5 Å². The number of fused-ring (bicyclic) bond motifs is 2. The van der Waals surface area contributed by atoms with Gasteiger partial charge in [-0.2, -0.15) is 0 Å². The summed E-state index contributed by atoms with van der Waals surface area (Å²) in [5.74, 6) is 0.209. The molecule has 0 aliphatic carbocycles. The molecule has 3 atom stereocenters. The Morgan fingerprint density at radius 3 is 2.75 bits per heavy atom. The van der Waals surface area contributed by atoms with E-state index in [9.17, 15) is 9.59 Å². The SMILES string of the molecule is C=C(CC)C1NC(=O)CC(c2cccc(OC)c2)C12C(=O)Nc1ccccc12. The van der Waals surface area contributed by atoms with Gasteiger partial charge in [0.25, 0.3) is 0 Å². The van der Waals surface area contributed by atoms with Crippen molar-refractivity contribution in [2.75, 3.05) is 12.4 Å². The van der Waals surface area contributed by atoms with Gasteiger partial charge in [0.2, 0.25) is 11.8 Å². The maximum absolute atomic E-state index is 13.5. The highest BCUT2D eigenvalue weighted by atomic mass is 16.5. The van der Waals surface area contributed by atoms with Crippen molar-refractivity contribution in [2.45, 2.75) is 37.1 Å². The van der Waals surface area contributed by atoms with Gasteiger partial charge in [-0.25, -0.2) is 0 Å². The second-order valence-corrected chi connectivity index (χ2v) is 7.41. The minimum absolute atomic E-state index is 0.0739. The number of carbonyl (C=O) groups is 2. The Hall–Kier alpha value is -3.08. The monoisotopic (exact) mass is 376 g/mol. The van der Waals surface area contributed by atoms with Crippen LogP contribution in [-0.2, 0) is 15.0 Å². The highest BCUT2D eigenvalue weighted by Gasteiger charge is 2.61. The van der Waals surface area contributed by atoms with Gasteiger partial charge in [-0.05, 0) is 35.7 Å². The number of ether oxygens (including phenoxy) is 1. The molecule has 4 rings (SSSR count). The van der Waals surface area contributed by atoms with Crippen LogP contribution in [-0.4, -0.2) is 25.0 Å². The van der Waals surface area contributed by atoms with Crippen LogP contribution >= 0.6 is 0 Å². The summed E-state index contributed by atoms with van der Waals surface area (Å²) in [4.78, 5) is 26.2. The molecule has 2 amide bonds. The van der Waals surface area contributed by atoms with Crippen LogP contribution in [0.3, 0.4) is 0 Å². The first-order valence-corrected chi connectivity index (χ1v) is 9.54. The fraction of sp³-hybridized carbons (Fsp3) is 0.304. The van der Waals surface area contributed by atoms with Gasteiger partial charge in [-0.15, -0.1) is 0 Å². The van der Waals surface area contributed by atoms with Gasteiger partial charge in [0.1, 0.15) is 11.2 Å². The van der Waals surface area contributed by atoms with Gasteiger partial charge < -0.3 is 15.4 Å². The van der Waals surface area contributed by atoms with Gasteiger partial charge in [0.05, 0.1) is 13.2 Å². The van der Waals surface area contributed by atoms with E-state index in [4.69, 9.17) is 4.74 Å². The van der Waals surface area contributed by atoms with Gasteiger partial charge in [0, 0.05) is 18.0 Å². The van der Waals surface area contributed by atoms with Gasteiger partial charge in [-0.3, -0.25) is 9.59 Å². The number of carbonyl (C=O) groups excluding carboxylic acids is 2. The van der Waals surface area contributed by atoms with Gasteiger partial charge in [0.15, 0.2) is 0 Å². The van der Waals surface area contributed by atoms with Crippen LogP contribution in [0.5, 0.6) is 5.75 Å². The fourth-order valence-corrected chi connectivity index (χ4v) is 4.68. The van der Waals surface area contributed by atoms with Crippen LogP contribution in [0.2, 0.25) is 0 Å². The summed E-state index contributed by atoms with van der Waals surface area (Å²) >= 11 is 0. The lowest BCUT2D eigenvalue weighted by atomic mass is 9.59. The van der Waals surface area contributed by atoms with E-state index in [1.54, 1.807) is 7.11 Å². The maximum Gasteiger partial charge on any atom is 0.238 e. The van der Waals surface area contributed by atoms with E-state index in [0.29, 0.717) is 12.2 Å². The van der Waals surface area contributed by atoms with E-state index in [0.717, 1.165) is 22.4 Å². The molecule has 2 aliphatic heterocycles. The molecule has 0 aromatic heterocycles. The van der Waals surface area contributed by atoms with Crippen molar-refractivity contribution >= 4 is 17.5 Å². The van der Waals surface area contributed by atoms with Crippen LogP contribution in [0.15, 0.2) is 60.7 Å². The largest absolute Gasteiger partial charge is 0.497 e. The van der Waals surface area contributed by atoms with E-state index in [1.807, 2.05) is 55.5 Å². The van der Waals surface area contributed by atoms with Crippen molar-refractivity contribution in [3.8, 4) is 5.75 Å². The molecule has 5 nitrogen and oxygen atoms in total. The Morgan fingerprint density at radius 2 is 2.00 bits per heavy atom. The van der Waals surface area contributed by atoms with Crippen LogP contribution in [0, 0.1) is 0 Å².